The third kappa shape index (κ3) is 9.39. The van der Waals surface area contributed by atoms with Gasteiger partial charge in [0.2, 0.25) is 5.91 Å². The quantitative estimate of drug-likeness (QED) is 0.509. The second-order valence-electron chi connectivity index (χ2n) is 4.66. The van der Waals surface area contributed by atoms with Gasteiger partial charge in [0, 0.05) is 32.2 Å². The van der Waals surface area contributed by atoms with E-state index in [4.69, 9.17) is 10.5 Å². The van der Waals surface area contributed by atoms with Gasteiger partial charge in [-0.1, -0.05) is 6.92 Å². The lowest BCUT2D eigenvalue weighted by Gasteiger charge is -2.18. The first kappa shape index (κ1) is 17.4. The van der Waals surface area contributed by atoms with Crippen molar-refractivity contribution in [3.8, 4) is 0 Å². The molecule has 0 fully saturated rings. The predicted octanol–water partition coefficient (Wildman–Crippen LogP) is 0.635. The zero-order valence-corrected chi connectivity index (χ0v) is 12.0. The molecule has 2 atom stereocenters. The number of hydrogen-bond acceptors (Lipinski definition) is 4. The molecule has 0 aromatic heterocycles. The highest BCUT2D eigenvalue weighted by Crippen LogP contribution is 1.97. The Balaban J connectivity index is 3.73. The number of rotatable bonds is 11. The van der Waals surface area contributed by atoms with Crippen molar-refractivity contribution < 1.29 is 9.53 Å². The van der Waals surface area contributed by atoms with Crippen LogP contribution in [0.15, 0.2) is 0 Å². The van der Waals surface area contributed by atoms with Gasteiger partial charge in [0.15, 0.2) is 0 Å². The Bertz CT molecular complexity index is 212. The van der Waals surface area contributed by atoms with E-state index < -0.39 is 0 Å². The van der Waals surface area contributed by atoms with E-state index in [2.05, 4.69) is 17.6 Å². The SMILES string of the molecule is CCC(C)NC(=O)CCNC(CCCN)COC. The molecule has 0 spiro atoms. The predicted molar refractivity (Wildman–Crippen MR) is 74.5 cm³/mol. The van der Waals surface area contributed by atoms with Crippen molar-refractivity contribution in [2.75, 3.05) is 26.8 Å². The molecular weight excluding hydrogens is 230 g/mol. The third-order valence-corrected chi connectivity index (χ3v) is 2.93. The molecule has 4 N–H and O–H groups in total. The first-order valence-electron chi connectivity index (χ1n) is 6.85. The van der Waals surface area contributed by atoms with Crippen molar-refractivity contribution in [3.63, 3.8) is 0 Å². The molecule has 0 radical (unpaired) electrons. The summed E-state index contributed by atoms with van der Waals surface area (Å²) in [6.45, 7) is 6.11. The van der Waals surface area contributed by atoms with Gasteiger partial charge in [-0.25, -0.2) is 0 Å². The van der Waals surface area contributed by atoms with Gasteiger partial charge in [0.1, 0.15) is 0 Å². The molecule has 0 aliphatic carbocycles. The average Bonchev–Trinajstić information content (AvgIpc) is 2.35. The molecule has 0 aromatic rings. The van der Waals surface area contributed by atoms with Crippen LogP contribution in [-0.4, -0.2) is 44.8 Å². The molecule has 2 unspecified atom stereocenters. The van der Waals surface area contributed by atoms with Gasteiger partial charge in [-0.2, -0.15) is 0 Å². The maximum Gasteiger partial charge on any atom is 0.221 e. The van der Waals surface area contributed by atoms with Crippen molar-refractivity contribution >= 4 is 5.91 Å². The van der Waals surface area contributed by atoms with Crippen LogP contribution in [0.5, 0.6) is 0 Å². The van der Waals surface area contributed by atoms with Crippen molar-refractivity contribution in [1.82, 2.24) is 10.6 Å². The fourth-order valence-electron chi connectivity index (χ4n) is 1.65. The fraction of sp³-hybridized carbons (Fsp3) is 0.923. The van der Waals surface area contributed by atoms with Crippen molar-refractivity contribution in [1.29, 1.82) is 0 Å². The van der Waals surface area contributed by atoms with E-state index in [1.165, 1.54) is 0 Å². The molecule has 5 nitrogen and oxygen atoms in total. The zero-order chi connectivity index (χ0) is 13.8. The Hall–Kier alpha value is -0.650. The lowest BCUT2D eigenvalue weighted by Crippen LogP contribution is -2.38. The number of methoxy groups -OCH3 is 1. The highest BCUT2D eigenvalue weighted by Gasteiger charge is 2.09. The van der Waals surface area contributed by atoms with Gasteiger partial charge < -0.3 is 21.1 Å². The number of carbonyl (C=O) groups is 1. The number of amides is 1. The van der Waals surface area contributed by atoms with Crippen LogP contribution < -0.4 is 16.4 Å². The smallest absolute Gasteiger partial charge is 0.221 e. The first-order valence-corrected chi connectivity index (χ1v) is 6.85. The Morgan fingerprint density at radius 2 is 2.17 bits per heavy atom. The fourth-order valence-corrected chi connectivity index (χ4v) is 1.65. The summed E-state index contributed by atoms with van der Waals surface area (Å²) >= 11 is 0. The van der Waals surface area contributed by atoms with Gasteiger partial charge >= 0.3 is 0 Å². The number of ether oxygens (including phenoxy) is 1. The highest BCUT2D eigenvalue weighted by molar-refractivity contribution is 5.76. The van der Waals surface area contributed by atoms with Gasteiger partial charge in [-0.05, 0) is 32.7 Å². The average molecular weight is 259 g/mol. The monoisotopic (exact) mass is 259 g/mol. The minimum absolute atomic E-state index is 0.104. The molecule has 0 aliphatic heterocycles. The molecule has 0 saturated carbocycles. The molecule has 0 aliphatic rings. The lowest BCUT2D eigenvalue weighted by atomic mass is 10.1. The molecular formula is C13H29N3O2. The Morgan fingerprint density at radius 3 is 2.72 bits per heavy atom. The van der Waals surface area contributed by atoms with Crippen LogP contribution in [0.3, 0.4) is 0 Å². The highest BCUT2D eigenvalue weighted by atomic mass is 16.5. The Kier molecular flexibility index (Phi) is 11.0. The Labute approximate surface area is 111 Å². The van der Waals surface area contributed by atoms with Crippen LogP contribution in [-0.2, 0) is 9.53 Å². The second-order valence-corrected chi connectivity index (χ2v) is 4.66. The van der Waals surface area contributed by atoms with Gasteiger partial charge in [-0.15, -0.1) is 0 Å². The van der Waals surface area contributed by atoms with Gasteiger partial charge in [-0.3, -0.25) is 4.79 Å². The molecule has 0 saturated heterocycles. The summed E-state index contributed by atoms with van der Waals surface area (Å²) in [5, 5.41) is 6.28. The van der Waals surface area contributed by atoms with E-state index in [9.17, 15) is 4.79 Å². The number of nitrogens with two attached hydrogens (primary N) is 1. The van der Waals surface area contributed by atoms with E-state index in [1.54, 1.807) is 7.11 Å². The van der Waals surface area contributed by atoms with Crippen LogP contribution in [0.1, 0.15) is 39.5 Å². The molecule has 0 heterocycles. The minimum atomic E-state index is 0.104. The summed E-state index contributed by atoms with van der Waals surface area (Å²) < 4.78 is 5.14. The van der Waals surface area contributed by atoms with Crippen LogP contribution in [0.4, 0.5) is 0 Å². The molecule has 1 amide bonds. The van der Waals surface area contributed by atoms with E-state index in [-0.39, 0.29) is 18.0 Å². The molecule has 0 aromatic carbocycles. The normalized spacial score (nSPS) is 14.2. The van der Waals surface area contributed by atoms with E-state index in [1.807, 2.05) is 6.92 Å². The van der Waals surface area contributed by atoms with Crippen LogP contribution in [0.2, 0.25) is 0 Å². The summed E-state index contributed by atoms with van der Waals surface area (Å²) in [6, 6.07) is 0.541. The van der Waals surface area contributed by atoms with Crippen molar-refractivity contribution in [3.05, 3.63) is 0 Å². The van der Waals surface area contributed by atoms with Crippen LogP contribution >= 0.6 is 0 Å². The summed E-state index contributed by atoms with van der Waals surface area (Å²) in [4.78, 5) is 11.6. The second kappa shape index (κ2) is 11.4. The van der Waals surface area contributed by atoms with E-state index in [0.29, 0.717) is 26.1 Å². The third-order valence-electron chi connectivity index (χ3n) is 2.93. The maximum absolute atomic E-state index is 11.6. The van der Waals surface area contributed by atoms with Crippen LogP contribution in [0.25, 0.3) is 0 Å². The zero-order valence-electron chi connectivity index (χ0n) is 12.0. The molecule has 0 rings (SSSR count). The first-order chi connectivity index (χ1) is 8.63. The Morgan fingerprint density at radius 1 is 1.44 bits per heavy atom. The molecule has 5 heteroatoms. The van der Waals surface area contributed by atoms with Crippen molar-refractivity contribution in [2.45, 2.75) is 51.6 Å². The molecule has 18 heavy (non-hydrogen) atoms. The summed E-state index contributed by atoms with van der Waals surface area (Å²) in [7, 11) is 1.69. The largest absolute Gasteiger partial charge is 0.383 e. The summed E-state index contributed by atoms with van der Waals surface area (Å²) in [5.41, 5.74) is 5.49. The topological polar surface area (TPSA) is 76.4 Å². The maximum atomic E-state index is 11.6. The minimum Gasteiger partial charge on any atom is -0.383 e. The van der Waals surface area contributed by atoms with Gasteiger partial charge in [0.05, 0.1) is 6.61 Å². The van der Waals surface area contributed by atoms with Gasteiger partial charge in [0.25, 0.3) is 0 Å². The number of nitrogens with one attached hydrogen (secondary N) is 2. The molecule has 0 bridgehead atoms. The van der Waals surface area contributed by atoms with Crippen molar-refractivity contribution in [2.24, 2.45) is 5.73 Å². The van der Waals surface area contributed by atoms with E-state index in [0.717, 1.165) is 19.3 Å². The summed E-state index contributed by atoms with van der Waals surface area (Å²) in [6.07, 6.45) is 3.42. The van der Waals surface area contributed by atoms with Crippen LogP contribution in [0, 0.1) is 0 Å². The lowest BCUT2D eigenvalue weighted by molar-refractivity contribution is -0.121. The number of carbonyl (C=O) groups excluding carboxylic acids is 1. The summed E-state index contributed by atoms with van der Waals surface area (Å²) in [5.74, 6) is 0.104. The standard InChI is InChI=1S/C13H29N3O2/c1-4-11(2)16-13(17)7-9-15-12(10-18-3)6-5-8-14/h11-12,15H,4-10,14H2,1-3H3,(H,16,17). The number of hydrogen-bond donors (Lipinski definition) is 3. The molecule has 108 valence electrons. The van der Waals surface area contributed by atoms with E-state index >= 15 is 0 Å².